The predicted molar refractivity (Wildman–Crippen MR) is 99.8 cm³/mol. The van der Waals surface area contributed by atoms with Crippen LogP contribution in [0.25, 0.3) is 10.9 Å². The van der Waals surface area contributed by atoms with Crippen molar-refractivity contribution in [1.29, 1.82) is 0 Å². The molecule has 1 saturated heterocycles. The quantitative estimate of drug-likeness (QED) is 0.741. The zero-order valence-corrected chi connectivity index (χ0v) is 14.6. The molecule has 0 saturated carbocycles. The standard InChI is InChI=1S/C20H22N4O2/c25-20(23-12-15-3-5-21-6-4-15)16-1-2-18-17(13-22-19(18)11-16)14-24-7-9-26-10-8-24/h1-6,11,13,22H,7-10,12,14H2,(H,23,25). The average Bonchev–Trinajstić information content (AvgIpc) is 3.10. The van der Waals surface area contributed by atoms with Crippen LogP contribution in [0, 0.1) is 0 Å². The monoisotopic (exact) mass is 350 g/mol. The molecule has 26 heavy (non-hydrogen) atoms. The van der Waals surface area contributed by atoms with Crippen molar-refractivity contribution in [2.24, 2.45) is 0 Å². The molecular weight excluding hydrogens is 328 g/mol. The van der Waals surface area contributed by atoms with Gasteiger partial charge in [0.2, 0.25) is 0 Å². The highest BCUT2D eigenvalue weighted by Gasteiger charge is 2.14. The van der Waals surface area contributed by atoms with Crippen LogP contribution in [-0.4, -0.2) is 47.1 Å². The van der Waals surface area contributed by atoms with Gasteiger partial charge in [-0.3, -0.25) is 14.7 Å². The van der Waals surface area contributed by atoms with Crippen molar-refractivity contribution in [3.63, 3.8) is 0 Å². The SMILES string of the molecule is O=C(NCc1ccncc1)c1ccc2c(CN3CCOCC3)c[nH]c2c1. The van der Waals surface area contributed by atoms with E-state index < -0.39 is 0 Å². The minimum Gasteiger partial charge on any atom is -0.379 e. The molecule has 1 fully saturated rings. The third kappa shape index (κ3) is 3.76. The molecule has 6 nitrogen and oxygen atoms in total. The Morgan fingerprint density at radius 2 is 2.00 bits per heavy atom. The van der Waals surface area contributed by atoms with Crippen LogP contribution in [0.1, 0.15) is 21.5 Å². The first-order chi connectivity index (χ1) is 12.8. The zero-order chi connectivity index (χ0) is 17.8. The summed E-state index contributed by atoms with van der Waals surface area (Å²) in [6.45, 7) is 4.90. The fourth-order valence-electron chi connectivity index (χ4n) is 3.24. The molecule has 2 aromatic heterocycles. The van der Waals surface area contributed by atoms with Crippen LogP contribution >= 0.6 is 0 Å². The van der Waals surface area contributed by atoms with Gasteiger partial charge in [0.25, 0.3) is 5.91 Å². The van der Waals surface area contributed by atoms with Crippen molar-refractivity contribution in [3.8, 4) is 0 Å². The van der Waals surface area contributed by atoms with Crippen molar-refractivity contribution in [2.75, 3.05) is 26.3 Å². The number of aromatic amines is 1. The molecule has 3 heterocycles. The van der Waals surface area contributed by atoms with Gasteiger partial charge in [-0.25, -0.2) is 0 Å². The number of carbonyl (C=O) groups excluding carboxylic acids is 1. The van der Waals surface area contributed by atoms with Gasteiger partial charge in [0, 0.05) is 61.2 Å². The molecule has 2 N–H and O–H groups in total. The van der Waals surface area contributed by atoms with E-state index in [1.165, 1.54) is 10.9 Å². The third-order valence-electron chi connectivity index (χ3n) is 4.73. The zero-order valence-electron chi connectivity index (χ0n) is 14.6. The number of morpholine rings is 1. The normalized spacial score (nSPS) is 15.2. The van der Waals surface area contributed by atoms with E-state index in [9.17, 15) is 4.79 Å². The van der Waals surface area contributed by atoms with Crippen LogP contribution in [0.15, 0.2) is 48.9 Å². The Morgan fingerprint density at radius 1 is 1.19 bits per heavy atom. The number of hydrogen-bond donors (Lipinski definition) is 2. The maximum Gasteiger partial charge on any atom is 0.251 e. The molecule has 1 amide bonds. The topological polar surface area (TPSA) is 70.2 Å². The summed E-state index contributed by atoms with van der Waals surface area (Å²) in [6.07, 6.45) is 5.49. The maximum absolute atomic E-state index is 12.4. The number of hydrogen-bond acceptors (Lipinski definition) is 4. The number of fused-ring (bicyclic) bond motifs is 1. The lowest BCUT2D eigenvalue weighted by atomic mass is 10.1. The number of pyridine rings is 1. The highest BCUT2D eigenvalue weighted by atomic mass is 16.5. The second kappa shape index (κ2) is 7.68. The summed E-state index contributed by atoms with van der Waals surface area (Å²) in [5.74, 6) is -0.0759. The number of nitrogens with zero attached hydrogens (tertiary/aromatic N) is 2. The Bertz CT molecular complexity index is 885. The number of amides is 1. The summed E-state index contributed by atoms with van der Waals surface area (Å²) in [5.41, 5.74) is 3.93. The lowest BCUT2D eigenvalue weighted by Gasteiger charge is -2.26. The Hall–Kier alpha value is -2.70. The molecule has 0 spiro atoms. The van der Waals surface area contributed by atoms with Crippen LogP contribution in [-0.2, 0) is 17.8 Å². The number of aromatic nitrogens is 2. The van der Waals surface area contributed by atoms with Crippen LogP contribution in [0.4, 0.5) is 0 Å². The van der Waals surface area contributed by atoms with E-state index in [0.717, 1.165) is 43.9 Å². The molecule has 0 atom stereocenters. The molecule has 6 heteroatoms. The lowest BCUT2D eigenvalue weighted by molar-refractivity contribution is 0.0343. The van der Waals surface area contributed by atoms with Gasteiger partial charge in [-0.1, -0.05) is 6.07 Å². The fourth-order valence-corrected chi connectivity index (χ4v) is 3.24. The molecule has 134 valence electrons. The second-order valence-electron chi connectivity index (χ2n) is 6.50. The van der Waals surface area contributed by atoms with Gasteiger partial charge in [0.1, 0.15) is 0 Å². The van der Waals surface area contributed by atoms with Crippen molar-refractivity contribution in [2.45, 2.75) is 13.1 Å². The number of carbonyl (C=O) groups is 1. The molecular formula is C20H22N4O2. The molecule has 0 bridgehead atoms. The molecule has 1 aromatic carbocycles. The molecule has 0 aliphatic carbocycles. The van der Waals surface area contributed by atoms with E-state index in [-0.39, 0.29) is 5.91 Å². The molecule has 1 aliphatic rings. The highest BCUT2D eigenvalue weighted by Crippen LogP contribution is 2.21. The van der Waals surface area contributed by atoms with E-state index >= 15 is 0 Å². The van der Waals surface area contributed by atoms with Crippen LogP contribution < -0.4 is 5.32 Å². The van der Waals surface area contributed by atoms with Gasteiger partial charge in [0.05, 0.1) is 13.2 Å². The summed E-state index contributed by atoms with van der Waals surface area (Å²) in [5, 5.41) is 4.12. The van der Waals surface area contributed by atoms with E-state index in [1.54, 1.807) is 12.4 Å². The molecule has 0 unspecified atom stereocenters. The Labute approximate surface area is 152 Å². The summed E-state index contributed by atoms with van der Waals surface area (Å²) in [6, 6.07) is 9.63. The van der Waals surface area contributed by atoms with E-state index in [1.807, 2.05) is 36.5 Å². The molecule has 3 aromatic rings. The summed E-state index contributed by atoms with van der Waals surface area (Å²) < 4.78 is 5.41. The van der Waals surface area contributed by atoms with Gasteiger partial charge in [-0.15, -0.1) is 0 Å². The minimum atomic E-state index is -0.0759. The molecule has 1 aliphatic heterocycles. The first-order valence-corrected chi connectivity index (χ1v) is 8.87. The van der Waals surface area contributed by atoms with Crippen LogP contribution in [0.2, 0.25) is 0 Å². The largest absolute Gasteiger partial charge is 0.379 e. The fraction of sp³-hybridized carbons (Fsp3) is 0.300. The third-order valence-corrected chi connectivity index (χ3v) is 4.73. The number of H-pyrrole nitrogens is 1. The van der Waals surface area contributed by atoms with Crippen molar-refractivity contribution in [3.05, 3.63) is 65.6 Å². The summed E-state index contributed by atoms with van der Waals surface area (Å²) in [4.78, 5) is 22.1. The lowest BCUT2D eigenvalue weighted by Crippen LogP contribution is -2.35. The summed E-state index contributed by atoms with van der Waals surface area (Å²) in [7, 11) is 0. The Morgan fingerprint density at radius 3 is 2.81 bits per heavy atom. The van der Waals surface area contributed by atoms with Crippen LogP contribution in [0.3, 0.4) is 0 Å². The number of rotatable bonds is 5. The van der Waals surface area contributed by atoms with Crippen LogP contribution in [0.5, 0.6) is 0 Å². The molecule has 0 radical (unpaired) electrons. The Kier molecular flexibility index (Phi) is 4.95. The first kappa shape index (κ1) is 16.8. The van der Waals surface area contributed by atoms with E-state index in [2.05, 4.69) is 20.2 Å². The first-order valence-electron chi connectivity index (χ1n) is 8.87. The van der Waals surface area contributed by atoms with Crippen molar-refractivity contribution < 1.29 is 9.53 Å². The van der Waals surface area contributed by atoms with Gasteiger partial charge >= 0.3 is 0 Å². The minimum absolute atomic E-state index is 0.0759. The number of benzene rings is 1. The number of nitrogens with one attached hydrogen (secondary N) is 2. The Balaban J connectivity index is 1.44. The smallest absolute Gasteiger partial charge is 0.251 e. The van der Waals surface area contributed by atoms with Crippen molar-refractivity contribution >= 4 is 16.8 Å². The van der Waals surface area contributed by atoms with E-state index in [0.29, 0.717) is 12.1 Å². The van der Waals surface area contributed by atoms with E-state index in [4.69, 9.17) is 4.74 Å². The van der Waals surface area contributed by atoms with Gasteiger partial charge < -0.3 is 15.0 Å². The number of ether oxygens (including phenoxy) is 1. The molecule has 4 rings (SSSR count). The highest BCUT2D eigenvalue weighted by molar-refractivity contribution is 5.98. The second-order valence-corrected chi connectivity index (χ2v) is 6.50. The predicted octanol–water partition coefficient (Wildman–Crippen LogP) is 2.33. The van der Waals surface area contributed by atoms with Gasteiger partial charge in [-0.2, -0.15) is 0 Å². The summed E-state index contributed by atoms with van der Waals surface area (Å²) >= 11 is 0. The van der Waals surface area contributed by atoms with Gasteiger partial charge in [-0.05, 0) is 35.4 Å². The van der Waals surface area contributed by atoms with Crippen molar-refractivity contribution in [1.82, 2.24) is 20.2 Å². The average molecular weight is 350 g/mol. The van der Waals surface area contributed by atoms with Gasteiger partial charge in [0.15, 0.2) is 0 Å². The maximum atomic E-state index is 12.4.